The number of thiophene rings is 1. The highest BCUT2D eigenvalue weighted by atomic mass is 32.1. The Labute approximate surface area is 116 Å². The Bertz CT molecular complexity index is 603. The number of hydrogen-bond donors (Lipinski definition) is 1. The highest BCUT2D eigenvalue weighted by Gasteiger charge is 2.30. The van der Waals surface area contributed by atoms with Gasteiger partial charge in [-0.05, 0) is 41.1 Å². The van der Waals surface area contributed by atoms with Gasteiger partial charge in [0.15, 0.2) is 0 Å². The summed E-state index contributed by atoms with van der Waals surface area (Å²) in [4.78, 5) is 15.2. The predicted molar refractivity (Wildman–Crippen MR) is 78.1 cm³/mol. The molecule has 0 saturated heterocycles. The van der Waals surface area contributed by atoms with E-state index in [1.807, 2.05) is 29.2 Å². The summed E-state index contributed by atoms with van der Waals surface area (Å²) in [6, 6.07) is 10.00. The van der Waals surface area contributed by atoms with Crippen LogP contribution in [0.25, 0.3) is 0 Å². The van der Waals surface area contributed by atoms with Gasteiger partial charge in [0, 0.05) is 24.0 Å². The third-order valence-electron chi connectivity index (χ3n) is 3.62. The van der Waals surface area contributed by atoms with Gasteiger partial charge in [-0.25, -0.2) is 0 Å². The number of rotatable bonds is 1. The number of carbonyl (C=O) groups excluding carboxylic acids is 1. The number of nitrogen functional groups attached to an aromatic ring is 1. The number of anilines is 1. The summed E-state index contributed by atoms with van der Waals surface area (Å²) in [6.45, 7) is 2.43. The van der Waals surface area contributed by atoms with Crippen LogP contribution in [0, 0.1) is 0 Å². The number of nitrogens with zero attached hydrogens (tertiary/aromatic N) is 1. The molecule has 1 aliphatic rings. The Balaban J connectivity index is 2.08. The van der Waals surface area contributed by atoms with E-state index in [9.17, 15) is 4.79 Å². The molecule has 3 nitrogen and oxygen atoms in total. The monoisotopic (exact) mass is 272 g/mol. The van der Waals surface area contributed by atoms with E-state index in [4.69, 9.17) is 5.73 Å². The van der Waals surface area contributed by atoms with Crippen LogP contribution in [-0.2, 0) is 11.2 Å². The van der Waals surface area contributed by atoms with E-state index in [1.165, 1.54) is 10.4 Å². The number of benzene rings is 1. The minimum absolute atomic E-state index is 0.0353. The number of fused-ring (bicyclic) bond motifs is 1. The van der Waals surface area contributed by atoms with Crippen LogP contribution >= 0.6 is 11.3 Å². The lowest BCUT2D eigenvalue weighted by Gasteiger charge is -2.35. The zero-order valence-electron chi connectivity index (χ0n) is 10.8. The van der Waals surface area contributed by atoms with Crippen molar-refractivity contribution in [3.05, 3.63) is 51.7 Å². The Hall–Kier alpha value is -1.81. The normalized spacial score (nSPS) is 18.2. The van der Waals surface area contributed by atoms with Crippen molar-refractivity contribution >= 4 is 22.9 Å². The lowest BCUT2D eigenvalue weighted by Crippen LogP contribution is -2.38. The molecule has 1 amide bonds. The summed E-state index contributed by atoms with van der Waals surface area (Å²) in [5, 5.41) is 2.11. The van der Waals surface area contributed by atoms with Gasteiger partial charge in [-0.1, -0.05) is 12.1 Å². The molecule has 3 rings (SSSR count). The molecule has 0 radical (unpaired) electrons. The van der Waals surface area contributed by atoms with Crippen LogP contribution in [0.15, 0.2) is 35.7 Å². The topological polar surface area (TPSA) is 46.3 Å². The van der Waals surface area contributed by atoms with Crippen LogP contribution in [-0.4, -0.2) is 17.4 Å². The number of amides is 1. The van der Waals surface area contributed by atoms with E-state index in [-0.39, 0.29) is 11.9 Å². The molecule has 0 bridgehead atoms. The first-order valence-electron chi connectivity index (χ1n) is 6.35. The summed E-state index contributed by atoms with van der Waals surface area (Å²) >= 11 is 1.78. The first kappa shape index (κ1) is 12.2. The number of hydrogen-bond acceptors (Lipinski definition) is 3. The average Bonchev–Trinajstić information content (AvgIpc) is 2.86. The molecule has 1 aromatic heterocycles. The standard InChI is InChI=1S/C15H16N2OS/c1-10(18)17-8-6-14-13(7-9-19-14)15(17)11-2-4-12(16)5-3-11/h2-5,7,9,15H,6,8,16H2,1H3/t15-/m0/s1. The summed E-state index contributed by atoms with van der Waals surface area (Å²) in [5.74, 6) is 0.124. The van der Waals surface area contributed by atoms with Crippen LogP contribution in [0.3, 0.4) is 0 Å². The van der Waals surface area contributed by atoms with Gasteiger partial charge in [0.25, 0.3) is 0 Å². The van der Waals surface area contributed by atoms with Gasteiger partial charge in [-0.15, -0.1) is 11.3 Å². The quantitative estimate of drug-likeness (QED) is 0.811. The Kier molecular flexibility index (Phi) is 3.03. The van der Waals surface area contributed by atoms with Gasteiger partial charge in [-0.3, -0.25) is 4.79 Å². The SMILES string of the molecule is CC(=O)N1CCc2sccc2[C@@H]1c1ccc(N)cc1. The van der Waals surface area contributed by atoms with Crippen molar-refractivity contribution in [2.45, 2.75) is 19.4 Å². The van der Waals surface area contributed by atoms with Crippen molar-refractivity contribution in [2.75, 3.05) is 12.3 Å². The first-order valence-corrected chi connectivity index (χ1v) is 7.23. The molecular weight excluding hydrogens is 256 g/mol. The largest absolute Gasteiger partial charge is 0.399 e. The van der Waals surface area contributed by atoms with Crippen molar-refractivity contribution in [1.29, 1.82) is 0 Å². The maximum atomic E-state index is 11.9. The zero-order valence-corrected chi connectivity index (χ0v) is 11.6. The van der Waals surface area contributed by atoms with Crippen LogP contribution in [0.4, 0.5) is 5.69 Å². The van der Waals surface area contributed by atoms with Crippen molar-refractivity contribution < 1.29 is 4.79 Å². The highest BCUT2D eigenvalue weighted by molar-refractivity contribution is 7.10. The molecule has 2 heterocycles. The van der Waals surface area contributed by atoms with Crippen LogP contribution in [0.2, 0.25) is 0 Å². The lowest BCUT2D eigenvalue weighted by atomic mass is 9.93. The molecular formula is C15H16N2OS. The van der Waals surface area contributed by atoms with E-state index < -0.39 is 0 Å². The van der Waals surface area contributed by atoms with Crippen molar-refractivity contribution in [2.24, 2.45) is 0 Å². The molecule has 98 valence electrons. The van der Waals surface area contributed by atoms with Crippen LogP contribution < -0.4 is 5.73 Å². The fraction of sp³-hybridized carbons (Fsp3) is 0.267. The minimum Gasteiger partial charge on any atom is -0.399 e. The van der Waals surface area contributed by atoms with Gasteiger partial charge in [0.05, 0.1) is 6.04 Å². The fourth-order valence-corrected chi connectivity index (χ4v) is 3.60. The van der Waals surface area contributed by atoms with Gasteiger partial charge < -0.3 is 10.6 Å². The molecule has 1 atom stereocenters. The summed E-state index contributed by atoms with van der Waals surface area (Å²) in [6.07, 6.45) is 0.956. The molecule has 2 aromatic rings. The summed E-state index contributed by atoms with van der Waals surface area (Å²) < 4.78 is 0. The molecule has 0 saturated carbocycles. The van der Waals surface area contributed by atoms with Crippen LogP contribution in [0.5, 0.6) is 0 Å². The highest BCUT2D eigenvalue weighted by Crippen LogP contribution is 2.37. The third-order valence-corrected chi connectivity index (χ3v) is 4.62. The average molecular weight is 272 g/mol. The van der Waals surface area contributed by atoms with E-state index in [1.54, 1.807) is 18.3 Å². The second-order valence-corrected chi connectivity index (χ2v) is 5.83. The van der Waals surface area contributed by atoms with Gasteiger partial charge in [-0.2, -0.15) is 0 Å². The lowest BCUT2D eigenvalue weighted by molar-refractivity contribution is -0.130. The second-order valence-electron chi connectivity index (χ2n) is 4.83. The number of nitrogens with two attached hydrogens (primary N) is 1. The van der Waals surface area contributed by atoms with Crippen LogP contribution in [0.1, 0.15) is 29.0 Å². The third kappa shape index (κ3) is 2.12. The van der Waals surface area contributed by atoms with Crippen molar-refractivity contribution in [1.82, 2.24) is 4.90 Å². The predicted octanol–water partition coefficient (Wildman–Crippen LogP) is 2.82. The van der Waals surface area contributed by atoms with Gasteiger partial charge in [0.2, 0.25) is 5.91 Å². The summed E-state index contributed by atoms with van der Waals surface area (Å²) in [7, 11) is 0. The second kappa shape index (κ2) is 4.70. The maximum Gasteiger partial charge on any atom is 0.220 e. The van der Waals surface area contributed by atoms with E-state index >= 15 is 0 Å². The molecule has 0 fully saturated rings. The van der Waals surface area contributed by atoms with E-state index in [2.05, 4.69) is 11.4 Å². The zero-order chi connectivity index (χ0) is 13.4. The Morgan fingerprint density at radius 3 is 2.74 bits per heavy atom. The first-order chi connectivity index (χ1) is 9.16. The van der Waals surface area contributed by atoms with Crippen molar-refractivity contribution in [3.63, 3.8) is 0 Å². The molecule has 1 aromatic carbocycles. The molecule has 0 unspecified atom stereocenters. The minimum atomic E-state index is 0.0353. The van der Waals surface area contributed by atoms with Crippen molar-refractivity contribution in [3.8, 4) is 0 Å². The maximum absolute atomic E-state index is 11.9. The molecule has 0 spiro atoms. The van der Waals surface area contributed by atoms with Gasteiger partial charge >= 0.3 is 0 Å². The Morgan fingerprint density at radius 2 is 2.05 bits per heavy atom. The molecule has 4 heteroatoms. The van der Waals surface area contributed by atoms with Gasteiger partial charge in [0.1, 0.15) is 0 Å². The Morgan fingerprint density at radius 1 is 1.32 bits per heavy atom. The summed E-state index contributed by atoms with van der Waals surface area (Å²) in [5.41, 5.74) is 8.89. The molecule has 19 heavy (non-hydrogen) atoms. The van der Waals surface area contributed by atoms with E-state index in [0.29, 0.717) is 0 Å². The fourth-order valence-electron chi connectivity index (χ4n) is 2.69. The molecule has 2 N–H and O–H groups in total. The molecule has 1 aliphatic heterocycles. The smallest absolute Gasteiger partial charge is 0.220 e. The molecule has 0 aliphatic carbocycles. The van der Waals surface area contributed by atoms with E-state index in [0.717, 1.165) is 24.2 Å². The number of carbonyl (C=O) groups is 1.